The molecule has 2 aromatic rings. The third-order valence-corrected chi connectivity index (χ3v) is 12.4. The maximum absolute atomic E-state index is 13.1. The molecule has 2 amide bonds. The molecule has 2 aromatic heterocycles. The summed E-state index contributed by atoms with van der Waals surface area (Å²) < 4.78 is 8.81. The second kappa shape index (κ2) is 10.4. The van der Waals surface area contributed by atoms with Crippen molar-refractivity contribution in [3.63, 3.8) is 0 Å². The van der Waals surface area contributed by atoms with E-state index in [1.807, 2.05) is 0 Å². The first kappa shape index (κ1) is 29.3. The van der Waals surface area contributed by atoms with Crippen molar-refractivity contribution in [3.8, 4) is 0 Å². The number of H-pyrrole nitrogens is 2. The van der Waals surface area contributed by atoms with Gasteiger partial charge in [0.25, 0.3) is 17.5 Å². The smallest absolute Gasteiger partial charge is 0.345 e. The van der Waals surface area contributed by atoms with Gasteiger partial charge in [0, 0.05) is 19.0 Å². The Labute approximate surface area is 271 Å². The van der Waals surface area contributed by atoms with Gasteiger partial charge in [-0.15, -0.1) is 11.6 Å². The van der Waals surface area contributed by atoms with E-state index in [0.29, 0.717) is 29.5 Å². The minimum absolute atomic E-state index is 0.0911. The number of aromatic amines is 2. The number of rotatable bonds is 6. The molecule has 1 aliphatic carbocycles. The van der Waals surface area contributed by atoms with E-state index in [-0.39, 0.29) is 36.8 Å². The lowest BCUT2D eigenvalue weighted by Gasteiger charge is -2.47. The van der Waals surface area contributed by atoms with E-state index in [1.54, 1.807) is 12.1 Å². The molecule has 3 aliphatic heterocycles. The van der Waals surface area contributed by atoms with Gasteiger partial charge in [-0.1, -0.05) is 0 Å². The molecule has 5 heterocycles. The van der Waals surface area contributed by atoms with Gasteiger partial charge < -0.3 is 25.7 Å². The van der Waals surface area contributed by atoms with Gasteiger partial charge in [0.2, 0.25) is 12.5 Å². The number of amides is 2. The standard InChI is InChI=1S/C22H23Br4ClN10O4/c23-7-1-9(32-13(7)25)15(38)30-3-5-6(4-31-16(39)10-2-8(24)14(26)33-10)12(27)21-11(5)22(40)18(35-20(29)37-22)41-17(21)34-19(28)36-21/h1-2,5-6,11-12,17-18,32-33,40H,3-4H2,(H,30,38)(H,31,39)(H3,28,34,36)(H3,29,35,37)/p+2/t5-,6-,11?,12+,17+,18-,21+,22-/m1/s1. The Kier molecular flexibility index (Phi) is 7.43. The van der Waals surface area contributed by atoms with Crippen molar-refractivity contribution in [2.75, 3.05) is 13.1 Å². The third-order valence-electron chi connectivity index (χ3n) is 8.10. The Balaban J connectivity index is 1.34. The molecule has 6 rings (SSSR count). The number of carbonyl (C=O) groups is 2. The van der Waals surface area contributed by atoms with Crippen molar-refractivity contribution in [3.05, 3.63) is 41.7 Å². The van der Waals surface area contributed by atoms with Crippen molar-refractivity contribution in [2.24, 2.45) is 29.2 Å². The average Bonchev–Trinajstić information content (AvgIpc) is 3.66. The number of alkyl halides is 1. The predicted molar refractivity (Wildman–Crippen MR) is 160 cm³/mol. The highest BCUT2D eigenvalue weighted by Crippen LogP contribution is 2.55. The molecular weight excluding hydrogens is 823 g/mol. The molecule has 19 heteroatoms. The van der Waals surface area contributed by atoms with Crippen LogP contribution >= 0.6 is 75.3 Å². The van der Waals surface area contributed by atoms with Crippen LogP contribution in [-0.4, -0.2) is 81.0 Å². The molecule has 0 radical (unpaired) electrons. The number of nitrogens with one attached hydrogen (secondary N) is 8. The monoisotopic (exact) mass is 844 g/mol. The summed E-state index contributed by atoms with van der Waals surface area (Å²) in [7, 11) is 0. The molecule has 4 aliphatic rings. The van der Waals surface area contributed by atoms with Gasteiger partial charge in [-0.2, -0.15) is 0 Å². The quantitative estimate of drug-likeness (QED) is 0.135. The van der Waals surface area contributed by atoms with Crippen molar-refractivity contribution in [2.45, 2.75) is 29.1 Å². The van der Waals surface area contributed by atoms with E-state index in [9.17, 15) is 14.7 Å². The van der Waals surface area contributed by atoms with Crippen LogP contribution in [-0.2, 0) is 4.74 Å². The zero-order valence-corrected chi connectivity index (χ0v) is 27.8. The normalized spacial score (nSPS) is 35.0. The molecule has 41 heavy (non-hydrogen) atoms. The van der Waals surface area contributed by atoms with E-state index in [2.05, 4.69) is 105 Å². The van der Waals surface area contributed by atoms with Gasteiger partial charge in [-0.25, -0.2) is 15.3 Å². The zero-order chi connectivity index (χ0) is 29.4. The molecule has 1 saturated heterocycles. The summed E-state index contributed by atoms with van der Waals surface area (Å²) in [4.78, 5) is 38.1. The number of hydrogen-bond acceptors (Lipinski definition) is 8. The van der Waals surface area contributed by atoms with E-state index >= 15 is 0 Å². The summed E-state index contributed by atoms with van der Waals surface area (Å²) in [6.07, 6.45) is -1.71. The lowest BCUT2D eigenvalue weighted by Crippen LogP contribution is -2.93. The Bertz CT molecular complexity index is 1460. The maximum Gasteiger partial charge on any atom is 0.345 e. The van der Waals surface area contributed by atoms with Gasteiger partial charge >= 0.3 is 11.9 Å². The third kappa shape index (κ3) is 4.60. The fourth-order valence-corrected chi connectivity index (χ4v) is 8.40. The number of halogens is 5. The van der Waals surface area contributed by atoms with Crippen LogP contribution < -0.4 is 42.7 Å². The lowest BCUT2D eigenvalue weighted by atomic mass is 9.71. The predicted octanol–water partition coefficient (Wildman–Crippen LogP) is -2.87. The lowest BCUT2D eigenvalue weighted by molar-refractivity contribution is -0.661. The summed E-state index contributed by atoms with van der Waals surface area (Å²) in [5.41, 5.74) is 10.0. The molecule has 1 unspecified atom stereocenters. The number of ether oxygens (including phenoxy) is 1. The Hall–Kier alpha value is -1.83. The fourth-order valence-electron chi connectivity index (χ4n) is 6.50. The van der Waals surface area contributed by atoms with E-state index in [4.69, 9.17) is 27.8 Å². The first-order valence-electron chi connectivity index (χ1n) is 12.4. The number of aromatic nitrogens is 2. The van der Waals surface area contributed by atoms with Crippen LogP contribution in [0.25, 0.3) is 0 Å². The second-order valence-corrected chi connectivity index (χ2v) is 14.1. The van der Waals surface area contributed by atoms with Crippen LogP contribution in [0.3, 0.4) is 0 Å². The van der Waals surface area contributed by atoms with Crippen LogP contribution in [0.4, 0.5) is 0 Å². The highest BCUT2D eigenvalue weighted by molar-refractivity contribution is 9.13. The summed E-state index contributed by atoms with van der Waals surface area (Å²) >= 11 is 20.7. The summed E-state index contributed by atoms with van der Waals surface area (Å²) in [5, 5.41) is 23.4. The van der Waals surface area contributed by atoms with Crippen LogP contribution in [0.15, 0.2) is 30.3 Å². The number of aliphatic hydroxyl groups is 1. The fraction of sp³-hybridized carbons (Fsp3) is 0.455. The van der Waals surface area contributed by atoms with Gasteiger partial charge in [0.05, 0.1) is 29.4 Å². The molecule has 8 atom stereocenters. The minimum atomic E-state index is -1.74. The minimum Gasteiger partial charge on any atom is -0.354 e. The summed E-state index contributed by atoms with van der Waals surface area (Å²) in [6, 6.07) is 3.30. The summed E-state index contributed by atoms with van der Waals surface area (Å²) in [6.45, 7) is 0.203. The Morgan fingerprint density at radius 2 is 1.44 bits per heavy atom. The van der Waals surface area contributed by atoms with E-state index in [0.717, 1.165) is 0 Å². The van der Waals surface area contributed by atoms with Crippen molar-refractivity contribution < 1.29 is 29.4 Å². The largest absolute Gasteiger partial charge is 0.354 e. The van der Waals surface area contributed by atoms with Gasteiger partial charge in [0.15, 0.2) is 5.54 Å². The molecule has 0 aromatic carbocycles. The van der Waals surface area contributed by atoms with Crippen molar-refractivity contribution in [1.82, 2.24) is 31.2 Å². The summed E-state index contributed by atoms with van der Waals surface area (Å²) in [5.74, 6) is -2.09. The zero-order valence-electron chi connectivity index (χ0n) is 20.7. The molecule has 1 spiro atoms. The highest BCUT2D eigenvalue weighted by atomic mass is 79.9. The Morgan fingerprint density at radius 3 is 1.98 bits per heavy atom. The van der Waals surface area contributed by atoms with Crippen LogP contribution in [0.2, 0.25) is 0 Å². The van der Waals surface area contributed by atoms with Crippen LogP contribution in [0, 0.1) is 17.8 Å². The van der Waals surface area contributed by atoms with Crippen molar-refractivity contribution >= 4 is 99.1 Å². The first-order valence-corrected chi connectivity index (χ1v) is 16.0. The second-order valence-electron chi connectivity index (χ2n) is 10.3. The molecule has 0 bridgehead atoms. The van der Waals surface area contributed by atoms with Gasteiger partial charge in [0.1, 0.15) is 11.4 Å². The number of hydrogen-bond donors (Lipinski definition) is 11. The maximum atomic E-state index is 13.1. The Morgan fingerprint density at radius 1 is 0.927 bits per heavy atom. The molecule has 1 saturated carbocycles. The van der Waals surface area contributed by atoms with Crippen LogP contribution in [0.5, 0.6) is 0 Å². The average molecular weight is 849 g/mol. The molecule has 13 N–H and O–H groups in total. The number of carbonyl (C=O) groups excluding carboxylic acids is 2. The molecule has 2 fully saturated rings. The molecule has 220 valence electrons. The highest BCUT2D eigenvalue weighted by Gasteiger charge is 2.80. The van der Waals surface area contributed by atoms with Gasteiger partial charge in [-0.3, -0.25) is 31.1 Å². The SMILES string of the molecule is NC1=[NH+][C@@H]2O[C@@H]3[NH+]=C(N)N[C@]34C([C@H](CNC(=O)c3cc(Br)c(Br)[nH]3)[C@@H](CNC(=O)c3cc(Br)c(Br)[nH]3)[C@@H]4Cl)[C@]2(O)N1. The number of fused-ring (bicyclic) bond motifs is 2. The first-order chi connectivity index (χ1) is 19.3. The van der Waals surface area contributed by atoms with E-state index < -0.39 is 46.9 Å². The number of guanidine groups is 2. The molecular formula is C22H25Br4ClN10O4+2. The van der Waals surface area contributed by atoms with E-state index in [1.165, 1.54) is 0 Å². The van der Waals surface area contributed by atoms with Crippen LogP contribution in [0.1, 0.15) is 21.0 Å². The van der Waals surface area contributed by atoms with Gasteiger partial charge in [-0.05, 0) is 81.8 Å². The molecule has 14 nitrogen and oxygen atoms in total. The van der Waals surface area contributed by atoms with Crippen molar-refractivity contribution in [1.29, 1.82) is 0 Å². The number of nitrogens with two attached hydrogens (primary N) is 2. The topological polar surface area (TPSA) is 223 Å².